The number of alkyl halides is 3. The molecule has 0 aliphatic carbocycles. The molecule has 1 aliphatic rings. The Morgan fingerprint density at radius 1 is 1.19 bits per heavy atom. The average Bonchev–Trinajstić information content (AvgIpc) is 2.81. The van der Waals surface area contributed by atoms with Crippen LogP contribution in [-0.2, 0) is 16.3 Å². The Morgan fingerprint density at radius 2 is 1.89 bits per heavy atom. The Morgan fingerprint density at radius 3 is 2.48 bits per heavy atom. The first-order chi connectivity index (χ1) is 12.5. The van der Waals surface area contributed by atoms with E-state index in [0.717, 1.165) is 5.56 Å². The first-order valence-corrected chi connectivity index (χ1v) is 8.58. The van der Waals surface area contributed by atoms with Crippen LogP contribution in [0.3, 0.4) is 0 Å². The molecule has 0 saturated carbocycles. The number of hydrogen-bond donors (Lipinski definition) is 0. The molecule has 8 heteroatoms. The van der Waals surface area contributed by atoms with Crippen molar-refractivity contribution in [1.82, 2.24) is 0 Å². The summed E-state index contributed by atoms with van der Waals surface area (Å²) in [7, 11) is 0. The van der Waals surface area contributed by atoms with Crippen molar-refractivity contribution in [2.24, 2.45) is 0 Å². The Labute approximate surface area is 158 Å². The van der Waals surface area contributed by atoms with Gasteiger partial charge in [-0.15, -0.1) is 0 Å². The lowest BCUT2D eigenvalue weighted by Gasteiger charge is -2.25. The first-order valence-electron chi connectivity index (χ1n) is 8.21. The Bertz CT molecular complexity index is 842. The Hall–Kier alpha value is -1.99. The normalized spacial score (nSPS) is 18.1. The van der Waals surface area contributed by atoms with Gasteiger partial charge in [0, 0.05) is 12.2 Å². The van der Waals surface area contributed by atoms with E-state index >= 15 is 0 Å². The molecule has 146 valence electrons. The summed E-state index contributed by atoms with van der Waals surface area (Å²) in [6.07, 6.45) is -5.19. The van der Waals surface area contributed by atoms with E-state index in [1.165, 1.54) is 6.07 Å². The molecule has 1 atom stereocenters. The maximum atomic E-state index is 14.2. The van der Waals surface area contributed by atoms with Crippen LogP contribution >= 0.6 is 11.6 Å². The minimum atomic E-state index is -4.70. The van der Waals surface area contributed by atoms with Crippen LogP contribution in [0.4, 0.5) is 17.6 Å². The van der Waals surface area contributed by atoms with Crippen LogP contribution < -0.4 is 9.47 Å². The number of ether oxygens (including phenoxy) is 3. The second-order valence-electron chi connectivity index (χ2n) is 6.65. The summed E-state index contributed by atoms with van der Waals surface area (Å²) in [4.78, 5) is 0. The van der Waals surface area contributed by atoms with Gasteiger partial charge in [0.15, 0.2) is 11.6 Å². The van der Waals surface area contributed by atoms with Crippen LogP contribution in [-0.4, -0.2) is 12.9 Å². The first kappa shape index (κ1) is 19.8. The fraction of sp³-hybridized carbons (Fsp3) is 0.368. The highest BCUT2D eigenvalue weighted by molar-refractivity contribution is 6.32. The molecule has 2 aromatic carbocycles. The van der Waals surface area contributed by atoms with Gasteiger partial charge in [0.1, 0.15) is 11.5 Å². The van der Waals surface area contributed by atoms with Gasteiger partial charge in [-0.25, -0.2) is 4.39 Å². The third kappa shape index (κ3) is 3.71. The minimum absolute atomic E-state index is 0.225. The van der Waals surface area contributed by atoms with Crippen LogP contribution in [0, 0.1) is 5.82 Å². The van der Waals surface area contributed by atoms with E-state index in [0.29, 0.717) is 24.5 Å². The predicted molar refractivity (Wildman–Crippen MR) is 92.0 cm³/mol. The molecule has 1 aliphatic heterocycles. The number of rotatable bonds is 4. The van der Waals surface area contributed by atoms with Crippen LogP contribution in [0.25, 0.3) is 0 Å². The lowest BCUT2D eigenvalue weighted by molar-refractivity contribution is -0.137. The monoisotopic (exact) mass is 404 g/mol. The van der Waals surface area contributed by atoms with Gasteiger partial charge < -0.3 is 14.2 Å². The van der Waals surface area contributed by atoms with Crippen LogP contribution in [0.2, 0.25) is 5.02 Å². The molecule has 3 nitrogen and oxygen atoms in total. The summed E-state index contributed by atoms with van der Waals surface area (Å²) in [6, 6.07) is 5.79. The maximum absolute atomic E-state index is 14.2. The van der Waals surface area contributed by atoms with E-state index in [9.17, 15) is 17.6 Å². The van der Waals surface area contributed by atoms with Gasteiger partial charge in [0.2, 0.25) is 6.29 Å². The zero-order chi connectivity index (χ0) is 20.0. The molecule has 2 aromatic rings. The highest BCUT2D eigenvalue weighted by Crippen LogP contribution is 2.46. The summed E-state index contributed by atoms with van der Waals surface area (Å²) in [6.45, 7) is 6.17. The van der Waals surface area contributed by atoms with Crippen LogP contribution in [0.5, 0.6) is 17.2 Å². The average molecular weight is 405 g/mol. The molecule has 0 radical (unpaired) electrons. The zero-order valence-corrected chi connectivity index (χ0v) is 15.5. The number of hydrogen-bond acceptors (Lipinski definition) is 3. The van der Waals surface area contributed by atoms with Gasteiger partial charge in [-0.2, -0.15) is 13.2 Å². The number of fused-ring (bicyclic) bond motifs is 1. The Balaban J connectivity index is 1.92. The predicted octanol–water partition coefficient (Wildman–Crippen LogP) is 6.32. The SMILES string of the molecule is CCOC1Oc2ccc(Oc3c(F)cc(C(F)(F)F)cc3Cl)cc2C1(C)C. The van der Waals surface area contributed by atoms with E-state index in [1.807, 2.05) is 20.8 Å². The summed E-state index contributed by atoms with van der Waals surface area (Å²) in [5.41, 5.74) is -0.894. The van der Waals surface area contributed by atoms with E-state index in [4.69, 9.17) is 25.8 Å². The molecule has 1 unspecified atom stereocenters. The molecular weight excluding hydrogens is 388 g/mol. The minimum Gasteiger partial charge on any atom is -0.464 e. The summed E-state index contributed by atoms with van der Waals surface area (Å²) >= 11 is 5.82. The molecule has 0 bridgehead atoms. The standard InChI is InChI=1S/C19H17ClF4O3/c1-4-25-17-18(2,3)12-9-11(5-6-15(12)27-17)26-16-13(20)7-10(8-14(16)21)19(22,23)24/h5-9,17H,4H2,1-3H3. The summed E-state index contributed by atoms with van der Waals surface area (Å²) in [5.74, 6) is -0.839. The van der Waals surface area contributed by atoms with Crippen molar-refractivity contribution in [1.29, 1.82) is 0 Å². The summed E-state index contributed by atoms with van der Waals surface area (Å²) in [5, 5.41) is -0.467. The molecule has 0 saturated heterocycles. The van der Waals surface area contributed by atoms with Crippen molar-refractivity contribution >= 4 is 11.6 Å². The van der Waals surface area contributed by atoms with E-state index < -0.39 is 40.0 Å². The fourth-order valence-corrected chi connectivity index (χ4v) is 3.15. The van der Waals surface area contributed by atoms with Crippen molar-refractivity contribution in [3.63, 3.8) is 0 Å². The quantitative estimate of drug-likeness (QED) is 0.558. The molecule has 0 N–H and O–H groups in total. The maximum Gasteiger partial charge on any atom is 0.416 e. The van der Waals surface area contributed by atoms with Crippen molar-refractivity contribution in [3.8, 4) is 17.2 Å². The fourth-order valence-electron chi connectivity index (χ4n) is 2.90. The van der Waals surface area contributed by atoms with Gasteiger partial charge in [-0.1, -0.05) is 11.6 Å². The van der Waals surface area contributed by atoms with E-state index in [2.05, 4.69) is 0 Å². The van der Waals surface area contributed by atoms with Gasteiger partial charge in [0.25, 0.3) is 0 Å². The lowest BCUT2D eigenvalue weighted by atomic mass is 9.85. The Kier molecular flexibility index (Phi) is 5.03. The van der Waals surface area contributed by atoms with Crippen molar-refractivity contribution in [2.45, 2.75) is 38.7 Å². The second kappa shape index (κ2) is 6.87. The lowest BCUT2D eigenvalue weighted by Crippen LogP contribution is -2.34. The van der Waals surface area contributed by atoms with E-state index in [1.54, 1.807) is 12.1 Å². The topological polar surface area (TPSA) is 27.7 Å². The van der Waals surface area contributed by atoms with Gasteiger partial charge >= 0.3 is 6.18 Å². The van der Waals surface area contributed by atoms with Crippen LogP contribution in [0.1, 0.15) is 31.9 Å². The molecule has 0 fully saturated rings. The number of halogens is 5. The van der Waals surface area contributed by atoms with Crippen LogP contribution in [0.15, 0.2) is 30.3 Å². The van der Waals surface area contributed by atoms with Gasteiger partial charge in [0.05, 0.1) is 16.0 Å². The molecule has 0 aromatic heterocycles. The highest BCUT2D eigenvalue weighted by Gasteiger charge is 2.42. The molecule has 27 heavy (non-hydrogen) atoms. The highest BCUT2D eigenvalue weighted by atomic mass is 35.5. The second-order valence-corrected chi connectivity index (χ2v) is 7.06. The summed E-state index contributed by atoms with van der Waals surface area (Å²) < 4.78 is 69.2. The molecular formula is C19H17ClF4O3. The molecule has 0 amide bonds. The van der Waals surface area contributed by atoms with Crippen molar-refractivity contribution in [2.75, 3.05) is 6.61 Å². The third-order valence-corrected chi connectivity index (χ3v) is 4.61. The third-order valence-electron chi connectivity index (χ3n) is 4.33. The molecule has 3 rings (SSSR count). The van der Waals surface area contributed by atoms with Gasteiger partial charge in [-0.3, -0.25) is 0 Å². The van der Waals surface area contributed by atoms with Crippen molar-refractivity contribution < 1.29 is 31.8 Å². The largest absolute Gasteiger partial charge is 0.464 e. The molecule has 0 spiro atoms. The number of benzene rings is 2. The zero-order valence-electron chi connectivity index (χ0n) is 14.8. The van der Waals surface area contributed by atoms with Gasteiger partial charge in [-0.05, 0) is 51.1 Å². The van der Waals surface area contributed by atoms with E-state index in [-0.39, 0.29) is 5.75 Å². The van der Waals surface area contributed by atoms with Crippen molar-refractivity contribution in [3.05, 3.63) is 52.3 Å². The smallest absolute Gasteiger partial charge is 0.416 e. The molecule has 1 heterocycles.